The Hall–Kier alpha value is -1.26. The van der Waals surface area contributed by atoms with Gasteiger partial charge in [-0.2, -0.15) is 0 Å². The van der Waals surface area contributed by atoms with Gasteiger partial charge in [0.05, 0.1) is 26.9 Å². The molecule has 0 bridgehead atoms. The fraction of sp³-hybridized carbons (Fsp3) is 0.625. The predicted molar refractivity (Wildman–Crippen MR) is 79.6 cm³/mol. The van der Waals surface area contributed by atoms with Gasteiger partial charge in [0, 0.05) is 12.0 Å². The zero-order valence-electron chi connectivity index (χ0n) is 13.0. The SMILES string of the molecule is CNC(c1cc(OC)c(OC)cc1C)C1COC(C)C1. The highest BCUT2D eigenvalue weighted by atomic mass is 16.5. The van der Waals surface area contributed by atoms with Gasteiger partial charge in [0.15, 0.2) is 11.5 Å². The Kier molecular flexibility index (Phi) is 4.89. The van der Waals surface area contributed by atoms with Crippen LogP contribution in [-0.2, 0) is 4.74 Å². The smallest absolute Gasteiger partial charge is 0.161 e. The highest BCUT2D eigenvalue weighted by molar-refractivity contribution is 5.48. The molecular formula is C16H25NO3. The third kappa shape index (κ3) is 2.91. The molecule has 4 heteroatoms. The summed E-state index contributed by atoms with van der Waals surface area (Å²) in [7, 11) is 5.34. The third-order valence-electron chi connectivity index (χ3n) is 4.12. The molecule has 1 N–H and O–H groups in total. The Labute approximate surface area is 121 Å². The van der Waals surface area contributed by atoms with E-state index in [4.69, 9.17) is 14.2 Å². The molecule has 1 aromatic rings. The summed E-state index contributed by atoms with van der Waals surface area (Å²) in [5.74, 6) is 2.05. The minimum atomic E-state index is 0.278. The quantitative estimate of drug-likeness (QED) is 0.899. The van der Waals surface area contributed by atoms with Crippen LogP contribution >= 0.6 is 0 Å². The van der Waals surface area contributed by atoms with Crippen LogP contribution in [0.15, 0.2) is 12.1 Å². The number of ether oxygens (including phenoxy) is 3. The van der Waals surface area contributed by atoms with Crippen molar-refractivity contribution < 1.29 is 14.2 Å². The number of methoxy groups -OCH3 is 2. The molecule has 1 fully saturated rings. The van der Waals surface area contributed by atoms with Gasteiger partial charge in [0.1, 0.15) is 0 Å². The maximum atomic E-state index is 5.72. The van der Waals surface area contributed by atoms with Gasteiger partial charge in [-0.1, -0.05) is 0 Å². The van der Waals surface area contributed by atoms with Crippen molar-refractivity contribution in [3.63, 3.8) is 0 Å². The number of hydrogen-bond acceptors (Lipinski definition) is 4. The van der Waals surface area contributed by atoms with Crippen molar-refractivity contribution in [1.29, 1.82) is 0 Å². The Morgan fingerprint density at radius 1 is 1.25 bits per heavy atom. The second-order valence-corrected chi connectivity index (χ2v) is 5.47. The fourth-order valence-corrected chi connectivity index (χ4v) is 3.06. The van der Waals surface area contributed by atoms with Crippen LogP contribution in [0.5, 0.6) is 11.5 Å². The number of hydrogen-bond donors (Lipinski definition) is 1. The van der Waals surface area contributed by atoms with Gasteiger partial charge in [-0.25, -0.2) is 0 Å². The van der Waals surface area contributed by atoms with E-state index >= 15 is 0 Å². The summed E-state index contributed by atoms with van der Waals surface area (Å²) < 4.78 is 16.5. The Morgan fingerprint density at radius 2 is 1.90 bits per heavy atom. The summed E-state index contributed by atoms with van der Waals surface area (Å²) >= 11 is 0. The van der Waals surface area contributed by atoms with Crippen molar-refractivity contribution >= 4 is 0 Å². The standard InChI is InChI=1S/C16H25NO3/c1-10-6-14(18-4)15(19-5)8-13(10)16(17-3)12-7-11(2)20-9-12/h6,8,11-12,16-17H,7,9H2,1-5H3. The summed E-state index contributed by atoms with van der Waals surface area (Å²) in [4.78, 5) is 0. The molecule has 1 aliphatic rings. The first-order valence-corrected chi connectivity index (χ1v) is 7.12. The van der Waals surface area contributed by atoms with Crippen LogP contribution in [0.3, 0.4) is 0 Å². The van der Waals surface area contributed by atoms with Gasteiger partial charge >= 0.3 is 0 Å². The second-order valence-electron chi connectivity index (χ2n) is 5.47. The molecule has 1 aromatic carbocycles. The van der Waals surface area contributed by atoms with Crippen LogP contribution in [0.1, 0.15) is 30.5 Å². The molecule has 1 heterocycles. The lowest BCUT2D eigenvalue weighted by Gasteiger charge is -2.25. The average molecular weight is 279 g/mol. The number of rotatable bonds is 5. The van der Waals surface area contributed by atoms with Crippen LogP contribution < -0.4 is 14.8 Å². The summed E-state index contributed by atoms with van der Waals surface area (Å²) in [5, 5.41) is 3.43. The highest BCUT2D eigenvalue weighted by Gasteiger charge is 2.31. The van der Waals surface area contributed by atoms with Crippen LogP contribution in [0.4, 0.5) is 0 Å². The minimum Gasteiger partial charge on any atom is -0.493 e. The summed E-state index contributed by atoms with van der Waals surface area (Å²) in [6.07, 6.45) is 1.43. The first-order valence-electron chi connectivity index (χ1n) is 7.12. The van der Waals surface area contributed by atoms with Crippen molar-refractivity contribution in [3.8, 4) is 11.5 Å². The molecule has 0 aromatic heterocycles. The summed E-state index contributed by atoms with van der Waals surface area (Å²) in [6, 6.07) is 4.40. The van der Waals surface area contributed by atoms with Crippen LogP contribution in [0.2, 0.25) is 0 Å². The topological polar surface area (TPSA) is 39.7 Å². The first kappa shape index (κ1) is 15.1. The van der Waals surface area contributed by atoms with E-state index in [9.17, 15) is 0 Å². The van der Waals surface area contributed by atoms with E-state index in [0.717, 1.165) is 24.5 Å². The molecule has 4 nitrogen and oxygen atoms in total. The maximum absolute atomic E-state index is 5.72. The van der Waals surface area contributed by atoms with E-state index in [-0.39, 0.29) is 6.04 Å². The number of benzene rings is 1. The van der Waals surface area contributed by atoms with Crippen molar-refractivity contribution in [2.75, 3.05) is 27.9 Å². The molecular weight excluding hydrogens is 254 g/mol. The van der Waals surface area contributed by atoms with Crippen LogP contribution in [-0.4, -0.2) is 34.0 Å². The third-order valence-corrected chi connectivity index (χ3v) is 4.12. The van der Waals surface area contributed by atoms with Crippen LogP contribution in [0, 0.1) is 12.8 Å². The molecule has 0 amide bonds. The molecule has 0 spiro atoms. The van der Waals surface area contributed by atoms with Gasteiger partial charge in [-0.15, -0.1) is 0 Å². The lowest BCUT2D eigenvalue weighted by Crippen LogP contribution is -2.26. The van der Waals surface area contributed by atoms with Crippen molar-refractivity contribution in [2.24, 2.45) is 5.92 Å². The molecule has 3 atom stereocenters. The van der Waals surface area contributed by atoms with Gasteiger partial charge in [-0.05, 0) is 50.6 Å². The molecule has 0 saturated carbocycles. The van der Waals surface area contributed by atoms with E-state index < -0.39 is 0 Å². The highest BCUT2D eigenvalue weighted by Crippen LogP contribution is 2.38. The Morgan fingerprint density at radius 3 is 2.40 bits per heavy atom. The maximum Gasteiger partial charge on any atom is 0.161 e. The van der Waals surface area contributed by atoms with E-state index in [2.05, 4.69) is 25.2 Å². The van der Waals surface area contributed by atoms with E-state index in [0.29, 0.717) is 12.0 Å². The van der Waals surface area contributed by atoms with Gasteiger partial charge < -0.3 is 19.5 Å². The monoisotopic (exact) mass is 279 g/mol. The summed E-state index contributed by atoms with van der Waals surface area (Å²) in [6.45, 7) is 5.05. The lowest BCUT2D eigenvalue weighted by atomic mass is 9.88. The zero-order valence-corrected chi connectivity index (χ0v) is 13.0. The van der Waals surface area contributed by atoms with Gasteiger partial charge in [-0.3, -0.25) is 0 Å². The molecule has 1 saturated heterocycles. The first-order chi connectivity index (χ1) is 9.60. The Bertz CT molecular complexity index is 461. The fourth-order valence-electron chi connectivity index (χ4n) is 3.06. The number of nitrogens with one attached hydrogen (secondary N) is 1. The second kappa shape index (κ2) is 6.46. The lowest BCUT2D eigenvalue weighted by molar-refractivity contribution is 0.117. The van der Waals surface area contributed by atoms with Crippen molar-refractivity contribution in [1.82, 2.24) is 5.32 Å². The molecule has 3 unspecified atom stereocenters. The summed E-state index contributed by atoms with van der Waals surface area (Å²) in [5.41, 5.74) is 2.47. The van der Waals surface area contributed by atoms with E-state index in [1.54, 1.807) is 14.2 Å². The molecule has 1 aliphatic heterocycles. The minimum absolute atomic E-state index is 0.278. The molecule has 2 rings (SSSR count). The van der Waals surface area contributed by atoms with Gasteiger partial charge in [0.25, 0.3) is 0 Å². The largest absolute Gasteiger partial charge is 0.493 e. The van der Waals surface area contributed by atoms with Crippen molar-refractivity contribution in [3.05, 3.63) is 23.3 Å². The van der Waals surface area contributed by atoms with Crippen LogP contribution in [0.25, 0.3) is 0 Å². The molecule has 0 radical (unpaired) electrons. The normalized spacial score (nSPS) is 23.6. The molecule has 112 valence electrons. The molecule has 20 heavy (non-hydrogen) atoms. The van der Waals surface area contributed by atoms with E-state index in [1.807, 2.05) is 13.1 Å². The van der Waals surface area contributed by atoms with Crippen molar-refractivity contribution in [2.45, 2.75) is 32.4 Å². The molecule has 0 aliphatic carbocycles. The number of aryl methyl sites for hydroxylation is 1. The van der Waals surface area contributed by atoms with E-state index in [1.165, 1.54) is 11.1 Å². The van der Waals surface area contributed by atoms with Gasteiger partial charge in [0.2, 0.25) is 0 Å². The Balaban J connectivity index is 2.34. The average Bonchev–Trinajstić information content (AvgIpc) is 2.87. The predicted octanol–water partition coefficient (Wildman–Crippen LogP) is 2.70. The zero-order chi connectivity index (χ0) is 14.7.